The topological polar surface area (TPSA) is 37.3 Å². The van der Waals surface area contributed by atoms with Crippen LogP contribution in [0.5, 0.6) is 0 Å². The molecule has 126 valence electrons. The first-order valence-corrected chi connectivity index (χ1v) is 8.95. The Balaban J connectivity index is 3.30. The van der Waals surface area contributed by atoms with E-state index in [2.05, 4.69) is 43.4 Å². The molecule has 0 saturated carbocycles. The number of carboxylic acid groups (broad SMARTS) is 1. The number of allylic oxidation sites excluding steroid dienone is 6. The molecule has 0 aromatic rings. The van der Waals surface area contributed by atoms with Crippen molar-refractivity contribution in [1.82, 2.24) is 0 Å². The fourth-order valence-electron chi connectivity index (χ4n) is 2.22. The smallest absolute Gasteiger partial charge is 0.303 e. The largest absolute Gasteiger partial charge is 0.481 e. The summed E-state index contributed by atoms with van der Waals surface area (Å²) >= 11 is 0. The van der Waals surface area contributed by atoms with Gasteiger partial charge in [0.2, 0.25) is 0 Å². The van der Waals surface area contributed by atoms with Gasteiger partial charge >= 0.3 is 5.97 Å². The maximum absolute atomic E-state index is 10.3. The van der Waals surface area contributed by atoms with Crippen LogP contribution in [-0.4, -0.2) is 11.1 Å². The van der Waals surface area contributed by atoms with E-state index < -0.39 is 5.97 Å². The first kappa shape index (κ1) is 20.7. The maximum Gasteiger partial charge on any atom is 0.303 e. The molecule has 0 fully saturated rings. The minimum absolute atomic E-state index is 0.265. The molecule has 2 nitrogen and oxygen atoms in total. The fourth-order valence-corrected chi connectivity index (χ4v) is 2.22. The van der Waals surface area contributed by atoms with Gasteiger partial charge in [-0.25, -0.2) is 0 Å². The van der Waals surface area contributed by atoms with E-state index in [1.807, 2.05) is 0 Å². The van der Waals surface area contributed by atoms with Gasteiger partial charge in [0.25, 0.3) is 0 Å². The molecule has 1 N–H and O–H groups in total. The molecule has 0 saturated heterocycles. The van der Waals surface area contributed by atoms with Crippen LogP contribution in [0, 0.1) is 0 Å². The predicted molar refractivity (Wildman–Crippen MR) is 96.1 cm³/mol. The molecule has 0 bridgehead atoms. The molecular weight excluding hydrogens is 272 g/mol. The molecule has 0 aliphatic carbocycles. The highest BCUT2D eigenvalue weighted by molar-refractivity contribution is 5.66. The molecule has 0 aliphatic rings. The number of carboxylic acids is 1. The Labute approximate surface area is 137 Å². The number of hydrogen-bond donors (Lipinski definition) is 1. The molecule has 0 rings (SSSR count). The molecule has 0 unspecified atom stereocenters. The molecule has 22 heavy (non-hydrogen) atoms. The van der Waals surface area contributed by atoms with Crippen molar-refractivity contribution in [2.45, 2.75) is 84.0 Å². The van der Waals surface area contributed by atoms with Crippen LogP contribution in [0.1, 0.15) is 84.0 Å². The van der Waals surface area contributed by atoms with Crippen LogP contribution in [0.15, 0.2) is 36.5 Å². The highest BCUT2D eigenvalue weighted by Gasteiger charge is 1.92. The molecule has 0 amide bonds. The van der Waals surface area contributed by atoms with Gasteiger partial charge in [-0.05, 0) is 32.1 Å². The highest BCUT2D eigenvalue weighted by Crippen LogP contribution is 2.08. The Morgan fingerprint density at radius 1 is 0.773 bits per heavy atom. The summed E-state index contributed by atoms with van der Waals surface area (Å²) in [5, 5.41) is 8.50. The van der Waals surface area contributed by atoms with Gasteiger partial charge in [0, 0.05) is 6.42 Å². The number of aliphatic carboxylic acids is 1. The second kappa shape index (κ2) is 17.7. The third-order valence-electron chi connectivity index (χ3n) is 3.56. The van der Waals surface area contributed by atoms with E-state index in [1.54, 1.807) is 0 Å². The van der Waals surface area contributed by atoms with Crippen LogP contribution in [0.4, 0.5) is 0 Å². The van der Waals surface area contributed by atoms with E-state index in [9.17, 15) is 4.79 Å². The lowest BCUT2D eigenvalue weighted by atomic mass is 10.1. The summed E-state index contributed by atoms with van der Waals surface area (Å²) in [5.41, 5.74) is 0. The summed E-state index contributed by atoms with van der Waals surface area (Å²) in [7, 11) is 0. The maximum atomic E-state index is 10.3. The Morgan fingerprint density at radius 3 is 2.14 bits per heavy atom. The lowest BCUT2D eigenvalue weighted by Crippen LogP contribution is -1.92. The molecule has 0 spiro atoms. The predicted octanol–water partition coefficient (Wildman–Crippen LogP) is 6.44. The van der Waals surface area contributed by atoms with Gasteiger partial charge < -0.3 is 5.11 Å². The first-order chi connectivity index (χ1) is 10.8. The van der Waals surface area contributed by atoms with Crippen molar-refractivity contribution in [3.05, 3.63) is 36.5 Å². The Kier molecular flexibility index (Phi) is 16.7. The molecule has 0 aromatic heterocycles. The van der Waals surface area contributed by atoms with E-state index in [-0.39, 0.29) is 6.42 Å². The van der Waals surface area contributed by atoms with Crippen LogP contribution in [0.25, 0.3) is 0 Å². The monoisotopic (exact) mass is 306 g/mol. The van der Waals surface area contributed by atoms with E-state index in [0.29, 0.717) is 0 Å². The molecular formula is C20H34O2. The first-order valence-electron chi connectivity index (χ1n) is 8.95. The lowest BCUT2D eigenvalue weighted by Gasteiger charge is -1.98. The van der Waals surface area contributed by atoms with E-state index in [4.69, 9.17) is 5.11 Å². The lowest BCUT2D eigenvalue weighted by molar-refractivity contribution is -0.137. The van der Waals surface area contributed by atoms with Crippen molar-refractivity contribution in [1.29, 1.82) is 0 Å². The second-order valence-electron chi connectivity index (χ2n) is 5.76. The quantitative estimate of drug-likeness (QED) is 0.215. The van der Waals surface area contributed by atoms with E-state index in [1.165, 1.54) is 51.4 Å². The van der Waals surface area contributed by atoms with Crippen molar-refractivity contribution >= 4 is 5.97 Å². The Morgan fingerprint density at radius 2 is 1.41 bits per heavy atom. The number of rotatable bonds is 15. The van der Waals surface area contributed by atoms with Gasteiger partial charge in [-0.15, -0.1) is 0 Å². The summed E-state index contributed by atoms with van der Waals surface area (Å²) in [5.74, 6) is -0.709. The average molecular weight is 306 g/mol. The van der Waals surface area contributed by atoms with Gasteiger partial charge in [0.15, 0.2) is 0 Å². The fraction of sp³-hybridized carbons (Fsp3) is 0.650. The normalized spacial score (nSPS) is 12.0. The van der Waals surface area contributed by atoms with Crippen LogP contribution in [-0.2, 0) is 4.79 Å². The summed E-state index contributed by atoms with van der Waals surface area (Å²) < 4.78 is 0. The van der Waals surface area contributed by atoms with Crippen molar-refractivity contribution in [2.75, 3.05) is 0 Å². The van der Waals surface area contributed by atoms with Crippen molar-refractivity contribution < 1.29 is 9.90 Å². The second-order valence-corrected chi connectivity index (χ2v) is 5.76. The molecule has 0 aliphatic heterocycles. The Hall–Kier alpha value is -1.31. The van der Waals surface area contributed by atoms with Crippen molar-refractivity contribution in [2.24, 2.45) is 0 Å². The van der Waals surface area contributed by atoms with Crippen LogP contribution in [0.3, 0.4) is 0 Å². The highest BCUT2D eigenvalue weighted by atomic mass is 16.4. The van der Waals surface area contributed by atoms with Gasteiger partial charge in [-0.2, -0.15) is 0 Å². The zero-order valence-electron chi connectivity index (χ0n) is 14.3. The summed E-state index contributed by atoms with van der Waals surface area (Å²) in [6.07, 6.45) is 26.3. The van der Waals surface area contributed by atoms with Crippen molar-refractivity contribution in [3.63, 3.8) is 0 Å². The minimum atomic E-state index is -0.709. The molecule has 0 radical (unpaired) electrons. The van der Waals surface area contributed by atoms with E-state index in [0.717, 1.165) is 19.3 Å². The van der Waals surface area contributed by atoms with Crippen molar-refractivity contribution in [3.8, 4) is 0 Å². The summed E-state index contributed by atoms with van der Waals surface area (Å²) in [6, 6.07) is 0. The minimum Gasteiger partial charge on any atom is -0.481 e. The van der Waals surface area contributed by atoms with Gasteiger partial charge in [-0.1, -0.05) is 81.9 Å². The van der Waals surface area contributed by atoms with Crippen LogP contribution < -0.4 is 0 Å². The summed E-state index contributed by atoms with van der Waals surface area (Å²) in [4.78, 5) is 10.3. The SMILES string of the molecule is CCCCCCCCCC=CC=CCC=CCCCC(=O)O. The zero-order valence-corrected chi connectivity index (χ0v) is 14.3. The Bertz CT molecular complexity index is 327. The van der Waals surface area contributed by atoms with Gasteiger partial charge in [-0.3, -0.25) is 4.79 Å². The average Bonchev–Trinajstić information content (AvgIpc) is 2.50. The van der Waals surface area contributed by atoms with Crippen LogP contribution >= 0.6 is 0 Å². The molecule has 0 aromatic carbocycles. The third kappa shape index (κ3) is 18.7. The van der Waals surface area contributed by atoms with Crippen LogP contribution in [0.2, 0.25) is 0 Å². The third-order valence-corrected chi connectivity index (χ3v) is 3.56. The number of hydrogen-bond acceptors (Lipinski definition) is 1. The zero-order chi connectivity index (χ0) is 16.3. The number of unbranched alkanes of at least 4 members (excludes halogenated alkanes) is 8. The molecule has 2 heteroatoms. The number of carbonyl (C=O) groups is 1. The summed E-state index contributed by atoms with van der Waals surface area (Å²) in [6.45, 7) is 2.26. The molecule has 0 atom stereocenters. The van der Waals surface area contributed by atoms with Gasteiger partial charge in [0.05, 0.1) is 0 Å². The molecule has 0 heterocycles. The standard InChI is InChI=1S/C20H34O2/c1-2-3-4-5-6-7-8-9-10-11-12-13-14-15-16-17-18-19-20(21)22/h10-13,15-16H,2-9,14,17-19H2,1H3,(H,21,22). The van der Waals surface area contributed by atoms with Gasteiger partial charge in [0.1, 0.15) is 0 Å². The van der Waals surface area contributed by atoms with E-state index >= 15 is 0 Å².